The standard InChI is InChI=1S/C23H22O5/c1-3-17(14-9-5-4-6-10-14)26-21-22(2)18(27-22)13-23(28-21)19(24)15-11-7-8-12-16(15)20(23)25/h4-12,17-18,21H,3,13H2,1-2H3/t17-,18+,21+,22+/m1/s1. The van der Waals surface area contributed by atoms with Gasteiger partial charge in [0, 0.05) is 17.5 Å². The Morgan fingerprint density at radius 2 is 1.61 bits per heavy atom. The molecule has 5 heteroatoms. The molecule has 28 heavy (non-hydrogen) atoms. The van der Waals surface area contributed by atoms with Crippen LogP contribution in [0, 0.1) is 0 Å². The molecule has 4 atom stereocenters. The molecule has 2 aliphatic heterocycles. The average molecular weight is 378 g/mol. The predicted molar refractivity (Wildman–Crippen MR) is 101 cm³/mol. The average Bonchev–Trinajstić information content (AvgIpc) is 3.37. The Morgan fingerprint density at radius 3 is 2.21 bits per heavy atom. The fourth-order valence-electron chi connectivity index (χ4n) is 4.43. The van der Waals surface area contributed by atoms with Crippen molar-refractivity contribution in [3.63, 3.8) is 0 Å². The number of ether oxygens (including phenoxy) is 3. The molecule has 2 aromatic carbocycles. The molecule has 1 spiro atoms. The second-order valence-corrected chi connectivity index (χ2v) is 7.92. The zero-order valence-electron chi connectivity index (χ0n) is 15.9. The summed E-state index contributed by atoms with van der Waals surface area (Å²) in [5, 5.41) is 0. The molecule has 0 radical (unpaired) electrons. The number of rotatable bonds is 4. The SMILES string of the molecule is CC[C@@H](O[C@H]1OC2(C[C@@H]3O[C@]13C)C(=O)c1ccccc1C2=O)c1ccccc1. The summed E-state index contributed by atoms with van der Waals surface area (Å²) >= 11 is 0. The fourth-order valence-corrected chi connectivity index (χ4v) is 4.43. The maximum absolute atomic E-state index is 13.2. The first kappa shape index (κ1) is 17.7. The van der Waals surface area contributed by atoms with Gasteiger partial charge in [-0.3, -0.25) is 9.59 Å². The van der Waals surface area contributed by atoms with E-state index >= 15 is 0 Å². The molecule has 5 rings (SSSR count). The lowest BCUT2D eigenvalue weighted by Gasteiger charge is -2.38. The van der Waals surface area contributed by atoms with E-state index < -0.39 is 17.5 Å². The Bertz CT molecular complexity index is 917. The molecule has 0 bridgehead atoms. The number of epoxide rings is 1. The summed E-state index contributed by atoms with van der Waals surface area (Å²) in [7, 11) is 0. The Labute approximate surface area is 163 Å². The Morgan fingerprint density at radius 1 is 1.00 bits per heavy atom. The second kappa shape index (κ2) is 6.08. The van der Waals surface area contributed by atoms with Crippen molar-refractivity contribution in [3.8, 4) is 0 Å². The first-order valence-corrected chi connectivity index (χ1v) is 9.74. The maximum atomic E-state index is 13.2. The highest BCUT2D eigenvalue weighted by atomic mass is 16.8. The van der Waals surface area contributed by atoms with Gasteiger partial charge in [-0.05, 0) is 18.9 Å². The predicted octanol–water partition coefficient (Wildman–Crippen LogP) is 3.88. The largest absolute Gasteiger partial charge is 0.361 e. The van der Waals surface area contributed by atoms with Gasteiger partial charge in [0.25, 0.3) is 0 Å². The van der Waals surface area contributed by atoms with E-state index in [9.17, 15) is 9.59 Å². The lowest BCUT2D eigenvalue weighted by atomic mass is 9.85. The molecule has 5 nitrogen and oxygen atoms in total. The number of carbonyl (C=O) groups excluding carboxylic acids is 2. The molecule has 144 valence electrons. The molecule has 0 aromatic heterocycles. The third-order valence-corrected chi connectivity index (χ3v) is 6.21. The molecule has 0 unspecified atom stereocenters. The van der Waals surface area contributed by atoms with Crippen molar-refractivity contribution < 1.29 is 23.8 Å². The zero-order chi connectivity index (χ0) is 19.5. The third kappa shape index (κ3) is 2.37. The number of benzene rings is 2. The fraction of sp³-hybridized carbons (Fsp3) is 0.391. The van der Waals surface area contributed by atoms with Gasteiger partial charge in [-0.15, -0.1) is 0 Å². The molecule has 0 amide bonds. The highest BCUT2D eigenvalue weighted by Crippen LogP contribution is 2.55. The van der Waals surface area contributed by atoms with Gasteiger partial charge in [-0.1, -0.05) is 61.5 Å². The number of fused-ring (bicyclic) bond motifs is 2. The Kier molecular flexibility index (Phi) is 3.85. The number of ketones is 2. The first-order valence-electron chi connectivity index (χ1n) is 9.74. The summed E-state index contributed by atoms with van der Waals surface area (Å²) in [6, 6.07) is 16.8. The molecular weight excluding hydrogens is 356 g/mol. The number of hydrogen-bond acceptors (Lipinski definition) is 5. The molecule has 1 aliphatic carbocycles. The molecule has 0 N–H and O–H groups in total. The van der Waals surface area contributed by atoms with Crippen LogP contribution in [0.3, 0.4) is 0 Å². The Hall–Kier alpha value is -2.34. The molecule has 2 aromatic rings. The van der Waals surface area contributed by atoms with Crippen LogP contribution in [0.25, 0.3) is 0 Å². The van der Waals surface area contributed by atoms with Crippen LogP contribution >= 0.6 is 0 Å². The van der Waals surface area contributed by atoms with E-state index in [2.05, 4.69) is 0 Å². The topological polar surface area (TPSA) is 65.1 Å². The van der Waals surface area contributed by atoms with E-state index in [1.807, 2.05) is 44.2 Å². The summed E-state index contributed by atoms with van der Waals surface area (Å²) in [4.78, 5) is 26.3. The third-order valence-electron chi connectivity index (χ3n) is 6.21. The minimum Gasteiger partial charge on any atom is -0.361 e. The summed E-state index contributed by atoms with van der Waals surface area (Å²) < 4.78 is 18.4. The van der Waals surface area contributed by atoms with E-state index in [1.165, 1.54) is 0 Å². The number of hydrogen-bond donors (Lipinski definition) is 0. The van der Waals surface area contributed by atoms with Gasteiger partial charge in [-0.25, -0.2) is 0 Å². The van der Waals surface area contributed by atoms with E-state index in [4.69, 9.17) is 14.2 Å². The van der Waals surface area contributed by atoms with Crippen molar-refractivity contribution in [2.45, 2.75) is 56.4 Å². The van der Waals surface area contributed by atoms with Crippen molar-refractivity contribution in [1.82, 2.24) is 0 Å². The van der Waals surface area contributed by atoms with Gasteiger partial charge < -0.3 is 14.2 Å². The molecule has 2 saturated heterocycles. The van der Waals surface area contributed by atoms with Crippen LogP contribution in [0.5, 0.6) is 0 Å². The van der Waals surface area contributed by atoms with Crippen LogP contribution in [-0.2, 0) is 14.2 Å². The van der Waals surface area contributed by atoms with Crippen LogP contribution < -0.4 is 0 Å². The highest BCUT2D eigenvalue weighted by Gasteiger charge is 2.72. The summed E-state index contributed by atoms with van der Waals surface area (Å²) in [5.74, 6) is -0.570. The molecular formula is C23H22O5. The minimum absolute atomic E-state index is 0.211. The normalized spacial score (nSPS) is 30.8. The van der Waals surface area contributed by atoms with Crippen molar-refractivity contribution >= 4 is 11.6 Å². The van der Waals surface area contributed by atoms with Crippen LogP contribution in [0.15, 0.2) is 54.6 Å². The number of carbonyl (C=O) groups is 2. The lowest BCUT2D eigenvalue weighted by molar-refractivity contribution is -0.237. The van der Waals surface area contributed by atoms with Gasteiger partial charge in [0.15, 0.2) is 11.9 Å². The summed E-state index contributed by atoms with van der Waals surface area (Å²) in [6.07, 6.45) is -0.269. The van der Waals surface area contributed by atoms with Crippen molar-refractivity contribution in [1.29, 1.82) is 0 Å². The molecule has 2 heterocycles. The van der Waals surface area contributed by atoms with Crippen molar-refractivity contribution in [3.05, 3.63) is 71.3 Å². The van der Waals surface area contributed by atoms with Crippen LogP contribution in [0.4, 0.5) is 0 Å². The van der Waals surface area contributed by atoms with E-state index in [-0.39, 0.29) is 30.2 Å². The lowest BCUT2D eigenvalue weighted by Crippen LogP contribution is -2.56. The van der Waals surface area contributed by atoms with Gasteiger partial charge >= 0.3 is 0 Å². The Balaban J connectivity index is 1.47. The van der Waals surface area contributed by atoms with Crippen molar-refractivity contribution in [2.24, 2.45) is 0 Å². The van der Waals surface area contributed by atoms with E-state index in [0.29, 0.717) is 11.1 Å². The zero-order valence-corrected chi connectivity index (χ0v) is 15.9. The maximum Gasteiger partial charge on any atom is 0.203 e. The summed E-state index contributed by atoms with van der Waals surface area (Å²) in [5.41, 5.74) is -0.301. The summed E-state index contributed by atoms with van der Waals surface area (Å²) in [6.45, 7) is 3.95. The first-order chi connectivity index (χ1) is 13.5. The molecule has 2 fully saturated rings. The van der Waals surface area contributed by atoms with Gasteiger partial charge in [0.1, 0.15) is 5.60 Å². The number of Topliss-reactive ketones (excluding diaryl/α,β-unsaturated/α-hetero) is 2. The van der Waals surface area contributed by atoms with E-state index in [1.54, 1.807) is 24.3 Å². The monoisotopic (exact) mass is 378 g/mol. The van der Waals surface area contributed by atoms with Crippen molar-refractivity contribution in [2.75, 3.05) is 0 Å². The van der Waals surface area contributed by atoms with Gasteiger partial charge in [-0.2, -0.15) is 0 Å². The van der Waals surface area contributed by atoms with Gasteiger partial charge in [0.05, 0.1) is 12.2 Å². The van der Waals surface area contributed by atoms with Crippen LogP contribution in [-0.4, -0.2) is 35.2 Å². The van der Waals surface area contributed by atoms with Gasteiger partial charge in [0.2, 0.25) is 11.6 Å². The molecule has 0 saturated carbocycles. The van der Waals surface area contributed by atoms with Crippen LogP contribution in [0.2, 0.25) is 0 Å². The van der Waals surface area contributed by atoms with E-state index in [0.717, 1.165) is 12.0 Å². The molecule has 3 aliphatic rings. The minimum atomic E-state index is -1.54. The smallest absolute Gasteiger partial charge is 0.203 e. The highest BCUT2D eigenvalue weighted by molar-refractivity contribution is 6.32. The quantitative estimate of drug-likeness (QED) is 0.597. The second-order valence-electron chi connectivity index (χ2n) is 7.92. The van der Waals surface area contributed by atoms with Crippen LogP contribution in [0.1, 0.15) is 59.1 Å².